The van der Waals surface area contributed by atoms with Crippen LogP contribution in [0.3, 0.4) is 0 Å². The first-order chi connectivity index (χ1) is 27.8. The average Bonchev–Trinajstić information content (AvgIpc) is 4.01. The molecule has 270 valence electrons. The topological polar surface area (TPSA) is 25.9 Å². The molecule has 0 radical (unpaired) electrons. The number of rotatable bonds is 0. The van der Waals surface area contributed by atoms with Crippen LogP contribution in [-0.4, -0.2) is 4.98 Å². The number of fused-ring (bicyclic) bond motifs is 30. The van der Waals surface area contributed by atoms with Crippen LogP contribution >= 0.6 is 0 Å². The second kappa shape index (κ2) is 11.8. The van der Waals surface area contributed by atoms with E-state index in [1.807, 2.05) is 12.4 Å². The van der Waals surface area contributed by atoms with Crippen molar-refractivity contribution in [1.82, 2.24) is 4.98 Å². The van der Waals surface area contributed by atoms with Crippen LogP contribution < -0.4 is 19.6 Å². The van der Waals surface area contributed by atoms with Crippen molar-refractivity contribution in [3.63, 3.8) is 0 Å². The molecule has 0 amide bonds. The van der Waals surface area contributed by atoms with Crippen LogP contribution in [0.4, 0.5) is 34.1 Å². The fourth-order valence-electron chi connectivity index (χ4n) is 10.4. The maximum absolute atomic E-state index is 5.05. The van der Waals surface area contributed by atoms with Crippen LogP contribution in [0.1, 0.15) is 33.4 Å². The third-order valence-electron chi connectivity index (χ3n) is 12.6. The molecule has 0 fully saturated rings. The molecule has 0 saturated heterocycles. The molecule has 0 unspecified atom stereocenters. The third-order valence-corrected chi connectivity index (χ3v) is 12.6. The summed E-state index contributed by atoms with van der Waals surface area (Å²) in [5, 5.41) is 0. The molecule has 7 aromatic carbocycles. The van der Waals surface area contributed by atoms with E-state index in [0.717, 1.165) is 45.3 Å². The van der Waals surface area contributed by atoms with E-state index in [1.54, 1.807) is 0 Å². The Morgan fingerprint density at radius 2 is 0.842 bits per heavy atom. The predicted octanol–water partition coefficient (Wildman–Crippen LogP) is 11.1. The van der Waals surface area contributed by atoms with Crippen molar-refractivity contribution < 1.29 is 21.1 Å². The van der Waals surface area contributed by atoms with Crippen molar-refractivity contribution >= 4 is 34.1 Å². The van der Waals surface area contributed by atoms with E-state index in [4.69, 9.17) is 4.98 Å². The summed E-state index contributed by atoms with van der Waals surface area (Å²) in [7, 11) is 0. The van der Waals surface area contributed by atoms with E-state index in [2.05, 4.69) is 209 Å². The van der Waals surface area contributed by atoms with Crippen molar-refractivity contribution in [3.05, 3.63) is 235 Å². The Morgan fingerprint density at radius 3 is 1.40 bits per heavy atom. The van der Waals surface area contributed by atoms with Crippen LogP contribution in [0.25, 0.3) is 22.3 Å². The van der Waals surface area contributed by atoms with Crippen LogP contribution in [0, 0.1) is 25.5 Å². The van der Waals surface area contributed by atoms with Gasteiger partial charge in [0.25, 0.3) is 0 Å². The van der Waals surface area contributed by atoms with Gasteiger partial charge in [-0.1, -0.05) is 139 Å². The third kappa shape index (κ3) is 4.00. The van der Waals surface area contributed by atoms with E-state index in [9.17, 15) is 0 Å². The zero-order valence-corrected chi connectivity index (χ0v) is 32.7. The monoisotopic (exact) mass is 908 g/mol. The van der Waals surface area contributed by atoms with Gasteiger partial charge in [-0.05, 0) is 57.6 Å². The molecule has 57 heavy (non-hydrogen) atoms. The zero-order chi connectivity index (χ0) is 36.6. The molecule has 0 saturated carbocycles. The number of pyridine rings is 1. The van der Waals surface area contributed by atoms with Gasteiger partial charge in [-0.25, -0.2) is 0 Å². The largest absolute Gasteiger partial charge is 4.00 e. The van der Waals surface area contributed by atoms with Gasteiger partial charge in [0, 0.05) is 39.3 Å². The Balaban J connectivity index is 0.00000356. The van der Waals surface area contributed by atoms with E-state index in [-0.39, 0.29) is 21.1 Å². The van der Waals surface area contributed by atoms with Crippen LogP contribution in [0.2, 0.25) is 0 Å². The second-order valence-electron chi connectivity index (χ2n) is 15.1. The molecule has 5 aliphatic rings. The molecule has 4 heterocycles. The standard InChI is InChI=1S/C51H31N5.Pt/c1-5-20-42-38(16-1)39-17-2-6-21-43(39)50(42)34-14-13-15-36(28-34)53-32-55(48-26-11-9-24-46(48)53)51(44-22-7-3-18-40(44)41-19-4-8-23-45(41)51)56-33-54(37-29-35(50)30-52-31-37)47-25-10-12-27-49(47)56;/h1-27,30-33H;/q-4;+4. The van der Waals surface area contributed by atoms with Gasteiger partial charge in [-0.3, -0.25) is 0 Å². The summed E-state index contributed by atoms with van der Waals surface area (Å²) in [4.78, 5) is 14.6. The summed E-state index contributed by atoms with van der Waals surface area (Å²) < 4.78 is 0. The first-order valence-electron chi connectivity index (χ1n) is 19.1. The second-order valence-corrected chi connectivity index (χ2v) is 15.1. The van der Waals surface area contributed by atoms with Gasteiger partial charge in [0.1, 0.15) is 5.66 Å². The number of hydrogen-bond acceptors (Lipinski definition) is 5. The van der Waals surface area contributed by atoms with Crippen molar-refractivity contribution in [2.45, 2.75) is 11.1 Å². The predicted molar refractivity (Wildman–Crippen MR) is 223 cm³/mol. The summed E-state index contributed by atoms with van der Waals surface area (Å²) in [6, 6.07) is 67.6. The van der Waals surface area contributed by atoms with Gasteiger partial charge in [0.15, 0.2) is 0 Å². The summed E-state index contributed by atoms with van der Waals surface area (Å²) in [6.45, 7) is 4.58. The summed E-state index contributed by atoms with van der Waals surface area (Å²) in [6.07, 6.45) is 3.97. The van der Waals surface area contributed by atoms with Crippen LogP contribution in [0.15, 0.2) is 176 Å². The zero-order valence-electron chi connectivity index (χ0n) is 30.5. The van der Waals surface area contributed by atoms with Crippen LogP contribution in [0.5, 0.6) is 0 Å². The molecule has 8 bridgehead atoms. The molecule has 5 nitrogen and oxygen atoms in total. The van der Waals surface area contributed by atoms with Gasteiger partial charge >= 0.3 is 21.1 Å². The summed E-state index contributed by atoms with van der Waals surface area (Å²) in [5.41, 5.74) is 16.4. The smallest absolute Gasteiger partial charge is 0.494 e. The minimum atomic E-state index is -0.805. The van der Waals surface area contributed by atoms with Crippen molar-refractivity contribution in [3.8, 4) is 22.3 Å². The Bertz CT molecular complexity index is 2760. The van der Waals surface area contributed by atoms with E-state index >= 15 is 0 Å². The molecule has 0 N–H and O–H groups in total. The normalized spacial score (nSPS) is 16.3. The molecule has 2 aliphatic carbocycles. The minimum absolute atomic E-state index is 0. The van der Waals surface area contributed by atoms with Gasteiger partial charge in [0.05, 0.1) is 0 Å². The fraction of sp³-hybridized carbons (Fsp3) is 0.0392. The fourth-order valence-corrected chi connectivity index (χ4v) is 10.4. The molecule has 0 atom stereocenters. The quantitative estimate of drug-likeness (QED) is 0.141. The van der Waals surface area contributed by atoms with Gasteiger partial charge < -0.3 is 24.6 Å². The SMILES string of the molecule is [Pt+4].[c-]1c2cccc1C1(c3[c-]c(cnc3)N3[CH-]N(c4ccccc43)C3(c4ccccc4-c4ccccc43)N3[CH-]N2c2ccccc23)c2ccccc2-c2ccccc21. The van der Waals surface area contributed by atoms with Crippen molar-refractivity contribution in [2.24, 2.45) is 0 Å². The molecule has 8 aromatic rings. The Hall–Kier alpha value is -6.42. The molecule has 1 aromatic heterocycles. The van der Waals surface area contributed by atoms with Gasteiger partial charge in [0.2, 0.25) is 0 Å². The number of aromatic nitrogens is 1. The molecular formula is C51H31N5Pt. The maximum Gasteiger partial charge on any atom is 4.00 e. The number of para-hydroxylation sites is 4. The first kappa shape index (κ1) is 32.8. The molecule has 3 aliphatic heterocycles. The summed E-state index contributed by atoms with van der Waals surface area (Å²) >= 11 is 0. The Labute approximate surface area is 346 Å². The van der Waals surface area contributed by atoms with Gasteiger partial charge in [-0.15, -0.1) is 30.2 Å². The van der Waals surface area contributed by atoms with Crippen LogP contribution in [-0.2, 0) is 32.1 Å². The number of nitrogens with zero attached hydrogens (tertiary/aromatic N) is 5. The van der Waals surface area contributed by atoms with Gasteiger partial charge in [-0.2, -0.15) is 30.3 Å². The average molecular weight is 909 g/mol. The summed E-state index contributed by atoms with van der Waals surface area (Å²) in [5.74, 6) is 0. The maximum atomic E-state index is 5.05. The molecule has 2 spiro atoms. The van der Waals surface area contributed by atoms with Crippen molar-refractivity contribution in [2.75, 3.05) is 19.6 Å². The van der Waals surface area contributed by atoms with Crippen molar-refractivity contribution in [1.29, 1.82) is 0 Å². The number of anilines is 6. The Morgan fingerprint density at radius 1 is 0.404 bits per heavy atom. The van der Waals surface area contributed by atoms with E-state index < -0.39 is 11.1 Å². The van der Waals surface area contributed by atoms with E-state index in [1.165, 1.54) is 44.5 Å². The minimum Gasteiger partial charge on any atom is -0.494 e. The molecule has 13 rings (SSSR count). The van der Waals surface area contributed by atoms with E-state index in [0.29, 0.717) is 0 Å². The number of benzene rings is 7. The first-order valence-corrected chi connectivity index (χ1v) is 19.1. The Kier molecular flexibility index (Phi) is 6.79. The molecule has 6 heteroatoms. The molecular weight excluding hydrogens is 878 g/mol. The number of hydrogen-bond donors (Lipinski definition) is 0.